The zero-order valence-electron chi connectivity index (χ0n) is 25.8. The smallest absolute Gasteiger partial charge is 0.218 e. The highest BCUT2D eigenvalue weighted by Crippen LogP contribution is 2.45. The lowest BCUT2D eigenvalue weighted by Crippen LogP contribution is -1.98. The minimum absolute atomic E-state index is 0.351. The van der Waals surface area contributed by atoms with Gasteiger partial charge in [-0.25, -0.2) is 4.85 Å². The molecule has 4 heteroatoms. The summed E-state index contributed by atoms with van der Waals surface area (Å²) < 4.78 is 4.50. The summed E-state index contributed by atoms with van der Waals surface area (Å²) >= 11 is 0. The molecule has 4 nitrogen and oxygen atoms in total. The molecule has 2 heterocycles. The second-order valence-corrected chi connectivity index (χ2v) is 11.9. The van der Waals surface area contributed by atoms with Crippen molar-refractivity contribution >= 4 is 55.0 Å². The fraction of sp³-hybridized carbons (Fsp3) is 0. The van der Waals surface area contributed by atoms with Gasteiger partial charge in [-0.2, -0.15) is 0 Å². The minimum Gasteiger partial charge on any atom is -0.320 e. The molecule has 0 amide bonds. The van der Waals surface area contributed by atoms with Crippen molar-refractivity contribution in [1.82, 2.24) is 9.13 Å². The van der Waals surface area contributed by atoms with Gasteiger partial charge in [0.05, 0.1) is 35.2 Å². The van der Waals surface area contributed by atoms with Crippen LogP contribution in [0.25, 0.3) is 86.9 Å². The number of para-hydroxylation sites is 4. The van der Waals surface area contributed by atoms with Gasteiger partial charge in [-0.15, -0.1) is 0 Å². The molecule has 7 aromatic carbocycles. The van der Waals surface area contributed by atoms with E-state index in [-0.39, 0.29) is 0 Å². The normalized spacial score (nSPS) is 11.3. The molecule has 48 heavy (non-hydrogen) atoms. The molecule has 9 rings (SSSR count). The van der Waals surface area contributed by atoms with Gasteiger partial charge in [-0.05, 0) is 58.7 Å². The Hall–Kier alpha value is -6.88. The topological polar surface area (TPSA) is 18.6 Å². The van der Waals surface area contributed by atoms with Crippen molar-refractivity contribution in [1.29, 1.82) is 0 Å². The van der Waals surface area contributed by atoms with Gasteiger partial charge >= 0.3 is 0 Å². The molecule has 0 fully saturated rings. The van der Waals surface area contributed by atoms with Crippen LogP contribution in [0, 0.1) is 13.1 Å². The zero-order chi connectivity index (χ0) is 32.2. The molecule has 222 valence electrons. The lowest BCUT2D eigenvalue weighted by Gasteiger charge is -2.17. The van der Waals surface area contributed by atoms with Crippen molar-refractivity contribution in [2.75, 3.05) is 0 Å². The molecule has 0 spiro atoms. The summed E-state index contributed by atoms with van der Waals surface area (Å²) in [5.74, 6) is 0. The maximum absolute atomic E-state index is 8.20. The first-order chi connectivity index (χ1) is 23.7. The monoisotopic (exact) mass is 610 g/mol. The van der Waals surface area contributed by atoms with E-state index in [2.05, 4.69) is 140 Å². The minimum atomic E-state index is 0.351. The lowest BCUT2D eigenvalue weighted by atomic mass is 9.97. The maximum atomic E-state index is 8.20. The van der Waals surface area contributed by atoms with E-state index in [1.54, 1.807) is 6.07 Å². The van der Waals surface area contributed by atoms with Crippen LogP contribution in [0.3, 0.4) is 0 Å². The third-order valence-corrected chi connectivity index (χ3v) is 9.38. The van der Waals surface area contributed by atoms with Gasteiger partial charge in [-0.3, -0.25) is 4.85 Å². The van der Waals surface area contributed by atoms with Crippen LogP contribution < -0.4 is 0 Å². The summed E-state index contributed by atoms with van der Waals surface area (Å²) in [6, 6.07) is 54.7. The molecule has 0 N–H and O–H groups in total. The first-order valence-corrected chi connectivity index (χ1v) is 15.8. The molecule has 0 atom stereocenters. The van der Waals surface area contributed by atoms with Crippen molar-refractivity contribution in [3.05, 3.63) is 181 Å². The maximum Gasteiger partial charge on any atom is 0.218 e. The molecular formula is C44H26N4. The van der Waals surface area contributed by atoms with Crippen molar-refractivity contribution in [3.63, 3.8) is 0 Å². The van der Waals surface area contributed by atoms with E-state index in [1.165, 1.54) is 21.8 Å². The molecule has 0 aliphatic heterocycles. The molecule has 0 aliphatic rings. The first kappa shape index (κ1) is 27.4. The van der Waals surface area contributed by atoms with Gasteiger partial charge < -0.3 is 9.13 Å². The van der Waals surface area contributed by atoms with Crippen molar-refractivity contribution in [2.24, 2.45) is 0 Å². The Kier molecular flexibility index (Phi) is 6.22. The number of hydrogen-bond acceptors (Lipinski definition) is 0. The van der Waals surface area contributed by atoms with E-state index in [0.717, 1.165) is 55.4 Å². The molecule has 0 bridgehead atoms. The van der Waals surface area contributed by atoms with E-state index >= 15 is 0 Å². The summed E-state index contributed by atoms with van der Waals surface area (Å²) in [6.45, 7) is 16.1. The highest BCUT2D eigenvalue weighted by Gasteiger charge is 2.21. The SMILES string of the molecule is [C-]#[N+]c1ccc(-c2ccc(-c3cccc(-n4c5ccccc5c5ccccc54)c3)cc2)c(-n2c3ccccc3c3ccccc32)c1[N+]#[C-]. The van der Waals surface area contributed by atoms with E-state index in [1.807, 2.05) is 30.3 Å². The van der Waals surface area contributed by atoms with Crippen molar-refractivity contribution < 1.29 is 0 Å². The van der Waals surface area contributed by atoms with Crippen LogP contribution in [0.1, 0.15) is 0 Å². The Morgan fingerprint density at radius 1 is 0.396 bits per heavy atom. The standard InChI is InChI=1S/C44H26N4/c1-45-38-27-26-33(44(43(38)46-2)48-41-20-9-5-16-36(41)37-17-6-10-21-42(37)48)30-24-22-29(23-25-30)31-12-11-13-32(28-31)47-39-18-7-3-14-34(39)35-15-4-8-19-40(35)47/h3-28H. The summed E-state index contributed by atoms with van der Waals surface area (Å²) in [7, 11) is 0. The van der Waals surface area contributed by atoms with Gasteiger partial charge in [0.25, 0.3) is 0 Å². The van der Waals surface area contributed by atoms with Crippen LogP contribution >= 0.6 is 0 Å². The molecule has 0 unspecified atom stereocenters. The van der Waals surface area contributed by atoms with E-state index in [4.69, 9.17) is 13.1 Å². The van der Waals surface area contributed by atoms with Crippen LogP contribution in [0.2, 0.25) is 0 Å². The zero-order valence-corrected chi connectivity index (χ0v) is 25.8. The second kappa shape index (κ2) is 10.9. The largest absolute Gasteiger partial charge is 0.320 e. The van der Waals surface area contributed by atoms with Gasteiger partial charge in [0.15, 0.2) is 5.69 Å². The van der Waals surface area contributed by atoms with Gasteiger partial charge in [0, 0.05) is 32.9 Å². The third-order valence-electron chi connectivity index (χ3n) is 9.38. The Bertz CT molecular complexity index is 2690. The van der Waals surface area contributed by atoms with E-state index in [0.29, 0.717) is 11.4 Å². The van der Waals surface area contributed by atoms with Crippen LogP contribution in [-0.4, -0.2) is 9.13 Å². The summed E-state index contributed by atoms with van der Waals surface area (Å²) in [6.07, 6.45) is 0. The number of aromatic nitrogens is 2. The Morgan fingerprint density at radius 3 is 1.42 bits per heavy atom. The molecule has 0 saturated heterocycles. The van der Waals surface area contributed by atoms with Gasteiger partial charge in [0.1, 0.15) is 0 Å². The molecule has 0 saturated carbocycles. The Morgan fingerprint density at radius 2 is 0.896 bits per heavy atom. The third kappa shape index (κ3) is 4.07. The fourth-order valence-electron chi connectivity index (χ4n) is 7.26. The second-order valence-electron chi connectivity index (χ2n) is 11.9. The summed E-state index contributed by atoms with van der Waals surface area (Å²) in [5.41, 5.74) is 11.0. The number of benzene rings is 7. The van der Waals surface area contributed by atoms with Crippen LogP contribution in [0.4, 0.5) is 11.4 Å². The molecular weight excluding hydrogens is 585 g/mol. The highest BCUT2D eigenvalue weighted by molar-refractivity contribution is 6.11. The first-order valence-electron chi connectivity index (χ1n) is 15.8. The molecule has 2 aromatic heterocycles. The number of nitrogens with zero attached hydrogens (tertiary/aromatic N) is 4. The molecule has 9 aromatic rings. The predicted molar refractivity (Wildman–Crippen MR) is 199 cm³/mol. The fourth-order valence-corrected chi connectivity index (χ4v) is 7.26. The number of rotatable bonds is 4. The number of fused-ring (bicyclic) bond motifs is 6. The summed E-state index contributed by atoms with van der Waals surface area (Å²) in [4.78, 5) is 7.70. The van der Waals surface area contributed by atoms with Crippen molar-refractivity contribution in [2.45, 2.75) is 0 Å². The predicted octanol–water partition coefficient (Wildman–Crippen LogP) is 12.3. The lowest BCUT2D eigenvalue weighted by molar-refractivity contribution is 1.18. The molecule has 0 radical (unpaired) electrons. The quantitative estimate of drug-likeness (QED) is 0.177. The van der Waals surface area contributed by atoms with Gasteiger partial charge in [-0.1, -0.05) is 121 Å². The Labute approximate surface area is 277 Å². The molecule has 0 aliphatic carbocycles. The van der Waals surface area contributed by atoms with Crippen molar-refractivity contribution in [3.8, 4) is 33.6 Å². The van der Waals surface area contributed by atoms with Crippen LogP contribution in [0.5, 0.6) is 0 Å². The number of hydrogen-bond donors (Lipinski definition) is 0. The summed E-state index contributed by atoms with van der Waals surface area (Å²) in [5, 5.41) is 4.71. The Balaban J connectivity index is 1.20. The van der Waals surface area contributed by atoms with Gasteiger partial charge in [0.2, 0.25) is 5.69 Å². The van der Waals surface area contributed by atoms with Crippen LogP contribution in [0.15, 0.2) is 158 Å². The highest BCUT2D eigenvalue weighted by atomic mass is 15.0. The van der Waals surface area contributed by atoms with E-state index in [9.17, 15) is 0 Å². The van der Waals surface area contributed by atoms with E-state index < -0.39 is 0 Å². The average molecular weight is 611 g/mol. The average Bonchev–Trinajstić information content (AvgIpc) is 3.67. The van der Waals surface area contributed by atoms with Crippen LogP contribution in [-0.2, 0) is 0 Å².